The first kappa shape index (κ1) is 12.2. The Labute approximate surface area is 103 Å². The molecule has 0 aliphatic carbocycles. The molecule has 1 atom stereocenters. The van der Waals surface area contributed by atoms with E-state index in [0.717, 1.165) is 31.0 Å². The van der Waals surface area contributed by atoms with Crippen molar-refractivity contribution in [3.63, 3.8) is 0 Å². The number of aryl methyl sites for hydroxylation is 1. The van der Waals surface area contributed by atoms with Gasteiger partial charge in [-0.05, 0) is 44.4 Å². The maximum absolute atomic E-state index is 5.60. The van der Waals surface area contributed by atoms with E-state index in [0.29, 0.717) is 12.7 Å². The van der Waals surface area contributed by atoms with Crippen molar-refractivity contribution in [1.29, 1.82) is 0 Å². The van der Waals surface area contributed by atoms with Gasteiger partial charge in [0.05, 0.1) is 18.4 Å². The Morgan fingerprint density at radius 1 is 1.47 bits per heavy atom. The van der Waals surface area contributed by atoms with Crippen LogP contribution in [0.1, 0.15) is 25.3 Å². The molecule has 1 aromatic carbocycles. The summed E-state index contributed by atoms with van der Waals surface area (Å²) in [6.07, 6.45) is 2.69. The zero-order chi connectivity index (χ0) is 12.1. The van der Waals surface area contributed by atoms with Crippen LogP contribution in [-0.4, -0.2) is 25.9 Å². The average Bonchev–Trinajstić information content (AvgIpc) is 2.82. The Morgan fingerprint density at radius 2 is 2.35 bits per heavy atom. The van der Waals surface area contributed by atoms with E-state index in [1.54, 1.807) is 0 Å². The molecule has 1 aliphatic rings. The molecule has 0 bridgehead atoms. The summed E-state index contributed by atoms with van der Waals surface area (Å²) in [5, 5.41) is 3.43. The lowest BCUT2D eigenvalue weighted by Gasteiger charge is -2.15. The molecule has 0 amide bonds. The van der Waals surface area contributed by atoms with Gasteiger partial charge in [-0.1, -0.05) is 6.07 Å². The van der Waals surface area contributed by atoms with Crippen LogP contribution in [0.25, 0.3) is 0 Å². The van der Waals surface area contributed by atoms with Gasteiger partial charge in [-0.25, -0.2) is 0 Å². The number of anilines is 1. The molecule has 94 valence electrons. The van der Waals surface area contributed by atoms with E-state index in [9.17, 15) is 0 Å². The van der Waals surface area contributed by atoms with E-state index < -0.39 is 0 Å². The Bertz CT molecular complexity index is 359. The zero-order valence-electron chi connectivity index (χ0n) is 10.7. The van der Waals surface area contributed by atoms with Crippen LogP contribution < -0.4 is 10.1 Å². The molecule has 1 heterocycles. The van der Waals surface area contributed by atoms with Gasteiger partial charge >= 0.3 is 0 Å². The van der Waals surface area contributed by atoms with E-state index in [1.807, 2.05) is 13.0 Å². The molecule has 0 aromatic heterocycles. The zero-order valence-corrected chi connectivity index (χ0v) is 10.7. The summed E-state index contributed by atoms with van der Waals surface area (Å²) in [7, 11) is 0. The van der Waals surface area contributed by atoms with Crippen molar-refractivity contribution in [2.45, 2.75) is 32.8 Å². The highest BCUT2D eigenvalue weighted by Gasteiger charge is 2.15. The summed E-state index contributed by atoms with van der Waals surface area (Å²) in [6.45, 7) is 6.55. The molecule has 1 fully saturated rings. The fraction of sp³-hybridized carbons (Fsp3) is 0.571. The summed E-state index contributed by atoms with van der Waals surface area (Å²) in [5.74, 6) is 0.927. The number of rotatable bonds is 5. The van der Waals surface area contributed by atoms with Gasteiger partial charge in [-0.2, -0.15) is 0 Å². The quantitative estimate of drug-likeness (QED) is 0.851. The van der Waals surface area contributed by atoms with E-state index >= 15 is 0 Å². The predicted octanol–water partition coefficient (Wildman–Crippen LogP) is 2.98. The standard InChI is InChI=1S/C14H21NO2/c1-3-16-14-7-6-11(2)9-13(14)15-10-12-5-4-8-17-12/h6-7,9,12,15H,3-5,8,10H2,1-2H3. The van der Waals surface area contributed by atoms with Gasteiger partial charge in [-0.15, -0.1) is 0 Å². The lowest BCUT2D eigenvalue weighted by molar-refractivity contribution is 0.120. The van der Waals surface area contributed by atoms with Crippen molar-refractivity contribution in [3.05, 3.63) is 23.8 Å². The van der Waals surface area contributed by atoms with Crippen LogP contribution in [0.2, 0.25) is 0 Å². The normalized spacial score (nSPS) is 19.3. The summed E-state index contributed by atoms with van der Waals surface area (Å²) < 4.78 is 11.2. The molecule has 17 heavy (non-hydrogen) atoms. The lowest BCUT2D eigenvalue weighted by atomic mass is 10.2. The molecule has 1 unspecified atom stereocenters. The summed E-state index contributed by atoms with van der Waals surface area (Å²) in [5.41, 5.74) is 2.31. The molecule has 1 N–H and O–H groups in total. The van der Waals surface area contributed by atoms with Crippen molar-refractivity contribution in [3.8, 4) is 5.75 Å². The van der Waals surface area contributed by atoms with Crippen LogP contribution in [0.15, 0.2) is 18.2 Å². The van der Waals surface area contributed by atoms with Gasteiger partial charge in [0, 0.05) is 13.2 Å². The molecular formula is C14H21NO2. The highest BCUT2D eigenvalue weighted by atomic mass is 16.5. The van der Waals surface area contributed by atoms with Crippen molar-refractivity contribution in [2.24, 2.45) is 0 Å². The second kappa shape index (κ2) is 5.92. The van der Waals surface area contributed by atoms with E-state index in [1.165, 1.54) is 12.0 Å². The second-order valence-electron chi connectivity index (χ2n) is 4.45. The first-order valence-electron chi connectivity index (χ1n) is 6.38. The Balaban J connectivity index is 1.99. The van der Waals surface area contributed by atoms with Crippen molar-refractivity contribution >= 4 is 5.69 Å². The van der Waals surface area contributed by atoms with Crippen LogP contribution >= 0.6 is 0 Å². The third-order valence-corrected chi connectivity index (χ3v) is 2.98. The first-order valence-corrected chi connectivity index (χ1v) is 6.38. The van der Waals surface area contributed by atoms with E-state index in [4.69, 9.17) is 9.47 Å². The molecule has 1 aliphatic heterocycles. The molecule has 0 radical (unpaired) electrons. The monoisotopic (exact) mass is 235 g/mol. The lowest BCUT2D eigenvalue weighted by Crippen LogP contribution is -2.18. The SMILES string of the molecule is CCOc1ccc(C)cc1NCC1CCCO1. The molecule has 2 rings (SSSR count). The number of ether oxygens (including phenoxy) is 2. The predicted molar refractivity (Wildman–Crippen MR) is 69.8 cm³/mol. The number of hydrogen-bond acceptors (Lipinski definition) is 3. The number of benzene rings is 1. The summed E-state index contributed by atoms with van der Waals surface area (Å²) in [4.78, 5) is 0. The maximum atomic E-state index is 5.60. The maximum Gasteiger partial charge on any atom is 0.142 e. The molecule has 0 saturated carbocycles. The fourth-order valence-electron chi connectivity index (χ4n) is 2.09. The molecule has 1 saturated heterocycles. The van der Waals surface area contributed by atoms with Gasteiger partial charge in [-0.3, -0.25) is 0 Å². The molecule has 3 nitrogen and oxygen atoms in total. The van der Waals surface area contributed by atoms with Crippen LogP contribution in [-0.2, 0) is 4.74 Å². The van der Waals surface area contributed by atoms with Crippen molar-refractivity contribution < 1.29 is 9.47 Å². The topological polar surface area (TPSA) is 30.5 Å². The van der Waals surface area contributed by atoms with Crippen LogP contribution in [0.3, 0.4) is 0 Å². The Morgan fingerprint density at radius 3 is 3.06 bits per heavy atom. The van der Waals surface area contributed by atoms with Gasteiger partial charge in [0.2, 0.25) is 0 Å². The summed E-state index contributed by atoms with van der Waals surface area (Å²) >= 11 is 0. The van der Waals surface area contributed by atoms with E-state index in [2.05, 4.69) is 24.4 Å². The minimum atomic E-state index is 0.352. The summed E-state index contributed by atoms with van der Waals surface area (Å²) in [6, 6.07) is 6.22. The van der Waals surface area contributed by atoms with Gasteiger partial charge in [0.25, 0.3) is 0 Å². The van der Waals surface area contributed by atoms with Crippen LogP contribution in [0.4, 0.5) is 5.69 Å². The highest BCUT2D eigenvalue weighted by Crippen LogP contribution is 2.26. The Kier molecular flexibility index (Phi) is 4.26. The number of nitrogens with one attached hydrogen (secondary N) is 1. The second-order valence-corrected chi connectivity index (χ2v) is 4.45. The first-order chi connectivity index (χ1) is 8.29. The Hall–Kier alpha value is -1.22. The molecule has 3 heteroatoms. The van der Waals surface area contributed by atoms with Crippen LogP contribution in [0.5, 0.6) is 5.75 Å². The van der Waals surface area contributed by atoms with Gasteiger partial charge < -0.3 is 14.8 Å². The van der Waals surface area contributed by atoms with Gasteiger partial charge in [0.15, 0.2) is 0 Å². The smallest absolute Gasteiger partial charge is 0.142 e. The molecule has 1 aromatic rings. The molecular weight excluding hydrogens is 214 g/mol. The van der Waals surface area contributed by atoms with Gasteiger partial charge in [0.1, 0.15) is 5.75 Å². The van der Waals surface area contributed by atoms with Crippen LogP contribution in [0, 0.1) is 6.92 Å². The fourth-order valence-corrected chi connectivity index (χ4v) is 2.09. The number of hydrogen-bond donors (Lipinski definition) is 1. The minimum Gasteiger partial charge on any atom is -0.492 e. The van der Waals surface area contributed by atoms with Crippen molar-refractivity contribution in [2.75, 3.05) is 25.1 Å². The average molecular weight is 235 g/mol. The molecule has 0 spiro atoms. The largest absolute Gasteiger partial charge is 0.492 e. The minimum absolute atomic E-state index is 0.352. The van der Waals surface area contributed by atoms with E-state index in [-0.39, 0.29) is 0 Å². The van der Waals surface area contributed by atoms with Crippen molar-refractivity contribution in [1.82, 2.24) is 0 Å². The third kappa shape index (κ3) is 3.37. The third-order valence-electron chi connectivity index (χ3n) is 2.98. The highest BCUT2D eigenvalue weighted by molar-refractivity contribution is 5.58.